The van der Waals surface area contributed by atoms with Crippen LogP contribution in [-0.4, -0.2) is 53.7 Å². The van der Waals surface area contributed by atoms with E-state index in [1.165, 1.54) is 6.92 Å². The van der Waals surface area contributed by atoms with Gasteiger partial charge in [-0.25, -0.2) is 0 Å². The van der Waals surface area contributed by atoms with Crippen LogP contribution in [0.25, 0.3) is 0 Å². The topological polar surface area (TPSA) is 40.6 Å². The summed E-state index contributed by atoms with van der Waals surface area (Å²) >= 11 is 5.45. The first-order valence-corrected chi connectivity index (χ1v) is 5.17. The van der Waals surface area contributed by atoms with Crippen LogP contribution in [-0.2, 0) is 9.59 Å². The van der Waals surface area contributed by atoms with E-state index in [-0.39, 0.29) is 23.7 Å². The molecule has 0 radical (unpaired) electrons. The van der Waals surface area contributed by atoms with Crippen molar-refractivity contribution in [3.63, 3.8) is 0 Å². The fraction of sp³-hybridized carbons (Fsp3) is 0.778. The molecule has 0 aromatic rings. The van der Waals surface area contributed by atoms with E-state index in [4.69, 9.17) is 11.6 Å². The minimum Gasteiger partial charge on any atom is -0.341 e. The van der Waals surface area contributed by atoms with Crippen molar-refractivity contribution < 1.29 is 9.59 Å². The largest absolute Gasteiger partial charge is 0.341 e. The maximum atomic E-state index is 11.2. The van der Waals surface area contributed by atoms with E-state index in [2.05, 4.69) is 0 Å². The molecule has 1 atom stereocenters. The third kappa shape index (κ3) is 2.38. The average Bonchev–Trinajstić information content (AvgIpc) is 2.64. The van der Waals surface area contributed by atoms with Crippen molar-refractivity contribution in [2.24, 2.45) is 0 Å². The summed E-state index contributed by atoms with van der Waals surface area (Å²) in [5.41, 5.74) is 0. The van der Waals surface area contributed by atoms with Crippen LogP contribution in [0.1, 0.15) is 13.3 Å². The Kier molecular flexibility index (Phi) is 3.75. The molecule has 1 aliphatic heterocycles. The highest BCUT2D eigenvalue weighted by molar-refractivity contribution is 6.27. The van der Waals surface area contributed by atoms with Crippen molar-refractivity contribution in [2.45, 2.75) is 19.4 Å². The SMILES string of the molecule is CC(=O)N(C)[C@H]1CCN(C(=O)CCl)C1. The number of amides is 2. The highest BCUT2D eigenvalue weighted by Crippen LogP contribution is 2.14. The minimum absolute atomic E-state index is 0.0243. The van der Waals surface area contributed by atoms with Crippen molar-refractivity contribution in [1.29, 1.82) is 0 Å². The predicted octanol–water partition coefficient (Wildman–Crippen LogP) is 0.304. The summed E-state index contributed by atoms with van der Waals surface area (Å²) < 4.78 is 0. The van der Waals surface area contributed by atoms with Gasteiger partial charge >= 0.3 is 0 Å². The van der Waals surface area contributed by atoms with E-state index in [9.17, 15) is 9.59 Å². The number of carbonyl (C=O) groups excluding carboxylic acids is 2. The summed E-state index contributed by atoms with van der Waals surface area (Å²) in [4.78, 5) is 25.7. The number of likely N-dealkylation sites (tertiary alicyclic amines) is 1. The molecule has 0 aromatic carbocycles. The summed E-state index contributed by atoms with van der Waals surface area (Å²) in [5.74, 6) is 0.0116. The normalized spacial score (nSPS) is 21.1. The molecular weight excluding hydrogens is 204 g/mol. The van der Waals surface area contributed by atoms with E-state index in [0.29, 0.717) is 13.1 Å². The third-order valence-electron chi connectivity index (χ3n) is 2.67. The van der Waals surface area contributed by atoms with E-state index >= 15 is 0 Å². The van der Waals surface area contributed by atoms with Gasteiger partial charge in [-0.15, -0.1) is 11.6 Å². The van der Waals surface area contributed by atoms with Crippen LogP contribution in [0, 0.1) is 0 Å². The second-order valence-electron chi connectivity index (χ2n) is 3.55. The molecule has 1 heterocycles. The lowest BCUT2D eigenvalue weighted by Crippen LogP contribution is -2.39. The van der Waals surface area contributed by atoms with Crippen molar-refractivity contribution in [1.82, 2.24) is 9.80 Å². The molecule has 0 unspecified atom stereocenters. The summed E-state index contributed by atoms with van der Waals surface area (Å²) in [5, 5.41) is 0. The third-order valence-corrected chi connectivity index (χ3v) is 2.90. The fourth-order valence-corrected chi connectivity index (χ4v) is 1.80. The molecule has 14 heavy (non-hydrogen) atoms. The van der Waals surface area contributed by atoms with Crippen LogP contribution in [0.3, 0.4) is 0 Å². The van der Waals surface area contributed by atoms with Gasteiger partial charge in [-0.3, -0.25) is 9.59 Å². The molecule has 0 aromatic heterocycles. The Labute approximate surface area is 88.8 Å². The zero-order chi connectivity index (χ0) is 10.7. The number of halogens is 1. The molecule has 0 bridgehead atoms. The zero-order valence-electron chi connectivity index (χ0n) is 8.49. The summed E-state index contributed by atoms with van der Waals surface area (Å²) in [6.07, 6.45) is 0.846. The van der Waals surface area contributed by atoms with Crippen LogP contribution in [0.2, 0.25) is 0 Å². The fourth-order valence-electron chi connectivity index (χ4n) is 1.63. The van der Waals surface area contributed by atoms with Crippen LogP contribution in [0.4, 0.5) is 0 Å². The number of hydrogen-bond acceptors (Lipinski definition) is 2. The van der Waals surface area contributed by atoms with Gasteiger partial charge in [-0.2, -0.15) is 0 Å². The maximum Gasteiger partial charge on any atom is 0.237 e. The van der Waals surface area contributed by atoms with E-state index < -0.39 is 0 Å². The van der Waals surface area contributed by atoms with Crippen molar-refractivity contribution in [2.75, 3.05) is 26.0 Å². The molecule has 0 aliphatic carbocycles. The molecule has 80 valence electrons. The summed E-state index contributed by atoms with van der Waals surface area (Å²) in [6, 6.07) is 0.152. The van der Waals surface area contributed by atoms with Gasteiger partial charge in [0.1, 0.15) is 5.88 Å². The molecule has 1 rings (SSSR count). The molecule has 4 nitrogen and oxygen atoms in total. The Hall–Kier alpha value is -0.770. The highest BCUT2D eigenvalue weighted by atomic mass is 35.5. The number of rotatable bonds is 2. The van der Waals surface area contributed by atoms with Gasteiger partial charge in [0.15, 0.2) is 0 Å². The van der Waals surface area contributed by atoms with Crippen LogP contribution in [0.5, 0.6) is 0 Å². The van der Waals surface area contributed by atoms with Crippen molar-refractivity contribution in [3.05, 3.63) is 0 Å². The second kappa shape index (κ2) is 4.64. The smallest absolute Gasteiger partial charge is 0.237 e. The Bertz CT molecular complexity index is 245. The molecule has 0 saturated carbocycles. The molecule has 0 spiro atoms. The number of likely N-dealkylation sites (N-methyl/N-ethyl adjacent to an activating group) is 1. The Balaban J connectivity index is 2.49. The van der Waals surface area contributed by atoms with Gasteiger partial charge in [0.2, 0.25) is 11.8 Å². The quantitative estimate of drug-likeness (QED) is 0.626. The highest BCUT2D eigenvalue weighted by Gasteiger charge is 2.29. The van der Waals surface area contributed by atoms with E-state index in [0.717, 1.165) is 6.42 Å². The van der Waals surface area contributed by atoms with Gasteiger partial charge in [-0.1, -0.05) is 0 Å². The number of carbonyl (C=O) groups is 2. The Morgan fingerprint density at radius 2 is 2.21 bits per heavy atom. The lowest BCUT2D eigenvalue weighted by Gasteiger charge is -2.23. The average molecular weight is 219 g/mol. The molecule has 2 amide bonds. The second-order valence-corrected chi connectivity index (χ2v) is 3.81. The number of nitrogens with zero attached hydrogens (tertiary/aromatic N) is 2. The molecule has 1 saturated heterocycles. The number of hydrogen-bond donors (Lipinski definition) is 0. The first-order chi connectivity index (χ1) is 6.56. The summed E-state index contributed by atoms with van der Waals surface area (Å²) in [7, 11) is 1.77. The lowest BCUT2D eigenvalue weighted by molar-refractivity contribution is -0.131. The first kappa shape index (κ1) is 11.3. The van der Waals surface area contributed by atoms with Gasteiger partial charge in [0.25, 0.3) is 0 Å². The molecule has 0 N–H and O–H groups in total. The maximum absolute atomic E-state index is 11.2. The van der Waals surface area contributed by atoms with Gasteiger partial charge in [-0.05, 0) is 6.42 Å². The van der Waals surface area contributed by atoms with Crippen LogP contribution in [0.15, 0.2) is 0 Å². The Morgan fingerprint density at radius 3 is 2.71 bits per heavy atom. The standard InChI is InChI=1S/C9H15ClN2O2/c1-7(13)11(2)8-3-4-12(6-8)9(14)5-10/h8H,3-6H2,1-2H3/t8-/m0/s1. The van der Waals surface area contributed by atoms with Gasteiger partial charge < -0.3 is 9.80 Å². The van der Waals surface area contributed by atoms with Crippen LogP contribution < -0.4 is 0 Å². The van der Waals surface area contributed by atoms with E-state index in [1.54, 1.807) is 16.8 Å². The van der Waals surface area contributed by atoms with E-state index in [1.807, 2.05) is 0 Å². The first-order valence-electron chi connectivity index (χ1n) is 4.63. The lowest BCUT2D eigenvalue weighted by atomic mass is 10.2. The predicted molar refractivity (Wildman–Crippen MR) is 54.1 cm³/mol. The van der Waals surface area contributed by atoms with Gasteiger partial charge in [0, 0.05) is 27.1 Å². The molecule has 5 heteroatoms. The van der Waals surface area contributed by atoms with Gasteiger partial charge in [0.05, 0.1) is 6.04 Å². The van der Waals surface area contributed by atoms with Crippen LogP contribution >= 0.6 is 11.6 Å². The van der Waals surface area contributed by atoms with Crippen molar-refractivity contribution in [3.8, 4) is 0 Å². The molecule has 1 fully saturated rings. The molecular formula is C9H15ClN2O2. The summed E-state index contributed by atoms with van der Waals surface area (Å²) in [6.45, 7) is 2.85. The van der Waals surface area contributed by atoms with Crippen molar-refractivity contribution >= 4 is 23.4 Å². The minimum atomic E-state index is -0.0499. The monoisotopic (exact) mass is 218 g/mol. The number of alkyl halides is 1. The zero-order valence-corrected chi connectivity index (χ0v) is 9.25. The molecule has 1 aliphatic rings. The Morgan fingerprint density at radius 1 is 1.57 bits per heavy atom.